The first-order chi connectivity index (χ1) is 16.9. The van der Waals surface area contributed by atoms with Crippen LogP contribution in [0.1, 0.15) is 27.0 Å². The second-order valence-electron chi connectivity index (χ2n) is 8.63. The molecule has 6 nitrogen and oxygen atoms in total. The Labute approximate surface area is 204 Å². The fourth-order valence-electron chi connectivity index (χ4n) is 4.91. The molecule has 1 spiro atoms. The Hall–Kier alpha value is -3.59. The van der Waals surface area contributed by atoms with E-state index in [0.717, 1.165) is 5.56 Å². The van der Waals surface area contributed by atoms with Crippen LogP contribution in [0.4, 0.5) is 14.5 Å². The minimum Gasteiger partial charge on any atom is -0.454 e. The second-order valence-corrected chi connectivity index (χ2v) is 9.92. The van der Waals surface area contributed by atoms with Gasteiger partial charge >= 0.3 is 0 Å². The van der Waals surface area contributed by atoms with E-state index >= 15 is 0 Å². The number of anilines is 1. The molecule has 0 aliphatic carbocycles. The van der Waals surface area contributed by atoms with Gasteiger partial charge in [0, 0.05) is 29.0 Å². The third-order valence-electron chi connectivity index (χ3n) is 6.59. The van der Waals surface area contributed by atoms with Gasteiger partial charge in [0.1, 0.15) is 11.6 Å². The molecule has 3 aliphatic rings. The zero-order chi connectivity index (χ0) is 24.3. The van der Waals surface area contributed by atoms with Gasteiger partial charge in [-0.25, -0.2) is 8.78 Å². The molecule has 2 amide bonds. The van der Waals surface area contributed by atoms with Crippen LogP contribution in [0.3, 0.4) is 0 Å². The van der Waals surface area contributed by atoms with Crippen LogP contribution in [-0.2, 0) is 16.2 Å². The minimum absolute atomic E-state index is 0.0865. The van der Waals surface area contributed by atoms with Crippen LogP contribution in [0, 0.1) is 18.6 Å². The number of aryl methyl sites for hydroxylation is 1. The third kappa shape index (κ3) is 3.21. The zero-order valence-corrected chi connectivity index (χ0v) is 19.5. The lowest BCUT2D eigenvalue weighted by molar-refractivity contribution is -0.123. The van der Waals surface area contributed by atoms with Crippen molar-refractivity contribution in [3.63, 3.8) is 0 Å². The Morgan fingerprint density at radius 1 is 1.06 bits per heavy atom. The summed E-state index contributed by atoms with van der Waals surface area (Å²) in [6, 6.07) is 14.1. The van der Waals surface area contributed by atoms with Gasteiger partial charge in [-0.3, -0.25) is 9.59 Å². The SMILES string of the molecule is Cc1ccc2c(c1)C1(SCCN1C(=O)c1ccc3c(c1)OCO3)C(=O)N2Cc1c(F)cccc1F. The number of hydrogen-bond donors (Lipinski definition) is 0. The van der Waals surface area contributed by atoms with Crippen LogP contribution < -0.4 is 14.4 Å². The Kier molecular flexibility index (Phi) is 5.00. The molecule has 1 fully saturated rings. The van der Waals surface area contributed by atoms with Gasteiger partial charge in [-0.2, -0.15) is 0 Å². The summed E-state index contributed by atoms with van der Waals surface area (Å²) in [6.45, 7) is 2.06. The van der Waals surface area contributed by atoms with E-state index in [1.165, 1.54) is 34.9 Å². The molecule has 6 rings (SSSR count). The van der Waals surface area contributed by atoms with Crippen LogP contribution in [0.5, 0.6) is 11.5 Å². The maximum atomic E-state index is 14.5. The van der Waals surface area contributed by atoms with E-state index in [1.807, 2.05) is 19.1 Å². The van der Waals surface area contributed by atoms with Crippen molar-refractivity contribution in [2.45, 2.75) is 18.3 Å². The highest BCUT2D eigenvalue weighted by atomic mass is 32.2. The van der Waals surface area contributed by atoms with Crippen LogP contribution in [0.15, 0.2) is 54.6 Å². The first-order valence-electron chi connectivity index (χ1n) is 11.1. The lowest BCUT2D eigenvalue weighted by Gasteiger charge is -2.33. The predicted octanol–water partition coefficient (Wildman–Crippen LogP) is 4.59. The van der Waals surface area contributed by atoms with Gasteiger partial charge in [0.15, 0.2) is 16.4 Å². The zero-order valence-electron chi connectivity index (χ0n) is 18.7. The first-order valence-corrected chi connectivity index (χ1v) is 12.1. The number of halogens is 2. The summed E-state index contributed by atoms with van der Waals surface area (Å²) in [6.07, 6.45) is 0. The van der Waals surface area contributed by atoms with Gasteiger partial charge in [0.2, 0.25) is 6.79 Å². The van der Waals surface area contributed by atoms with Crippen molar-refractivity contribution in [2.75, 3.05) is 24.0 Å². The van der Waals surface area contributed by atoms with E-state index in [-0.39, 0.29) is 24.8 Å². The first kappa shape index (κ1) is 21.9. The van der Waals surface area contributed by atoms with Gasteiger partial charge in [-0.15, -0.1) is 11.8 Å². The number of ether oxygens (including phenoxy) is 2. The summed E-state index contributed by atoms with van der Waals surface area (Å²) in [5.74, 6) is -0.590. The summed E-state index contributed by atoms with van der Waals surface area (Å²) < 4.78 is 39.8. The molecule has 1 atom stereocenters. The van der Waals surface area contributed by atoms with Crippen molar-refractivity contribution < 1.29 is 27.8 Å². The predicted molar refractivity (Wildman–Crippen MR) is 126 cm³/mol. The largest absolute Gasteiger partial charge is 0.454 e. The molecular formula is C26H20F2N2O4S. The highest BCUT2D eigenvalue weighted by Crippen LogP contribution is 2.55. The molecule has 1 unspecified atom stereocenters. The maximum absolute atomic E-state index is 14.5. The number of rotatable bonds is 3. The van der Waals surface area contributed by atoms with E-state index in [0.29, 0.717) is 40.6 Å². The Morgan fingerprint density at radius 3 is 2.63 bits per heavy atom. The van der Waals surface area contributed by atoms with Crippen LogP contribution in [0.2, 0.25) is 0 Å². The third-order valence-corrected chi connectivity index (χ3v) is 8.01. The van der Waals surface area contributed by atoms with Crippen molar-refractivity contribution in [2.24, 2.45) is 0 Å². The molecule has 0 bridgehead atoms. The molecule has 1 saturated heterocycles. The Morgan fingerprint density at radius 2 is 1.83 bits per heavy atom. The highest BCUT2D eigenvalue weighted by molar-refractivity contribution is 8.01. The molecule has 3 aromatic carbocycles. The van der Waals surface area contributed by atoms with Gasteiger partial charge in [-0.1, -0.05) is 23.8 Å². The number of carbonyl (C=O) groups is 2. The maximum Gasteiger partial charge on any atom is 0.268 e. The lowest BCUT2D eigenvalue weighted by Crippen LogP contribution is -2.50. The molecule has 178 valence electrons. The van der Waals surface area contributed by atoms with Crippen LogP contribution >= 0.6 is 11.8 Å². The molecule has 0 N–H and O–H groups in total. The van der Waals surface area contributed by atoms with E-state index in [2.05, 4.69) is 0 Å². The summed E-state index contributed by atoms with van der Waals surface area (Å²) in [4.78, 5) is 29.5. The monoisotopic (exact) mass is 494 g/mol. The molecule has 35 heavy (non-hydrogen) atoms. The van der Waals surface area contributed by atoms with Crippen molar-refractivity contribution >= 4 is 29.3 Å². The van der Waals surface area contributed by atoms with Crippen molar-refractivity contribution in [3.05, 3.63) is 88.5 Å². The van der Waals surface area contributed by atoms with E-state index in [9.17, 15) is 18.4 Å². The Bertz CT molecular complexity index is 1380. The van der Waals surface area contributed by atoms with Crippen LogP contribution in [-0.4, -0.2) is 35.8 Å². The van der Waals surface area contributed by atoms with Gasteiger partial charge in [0.25, 0.3) is 11.8 Å². The number of nitrogens with zero attached hydrogens (tertiary/aromatic N) is 2. The van der Waals surface area contributed by atoms with Gasteiger partial charge in [-0.05, 0) is 43.3 Å². The summed E-state index contributed by atoms with van der Waals surface area (Å²) in [5, 5.41) is 0. The number of thioether (sulfide) groups is 1. The van der Waals surface area contributed by atoms with Gasteiger partial charge in [0.05, 0.1) is 12.2 Å². The number of fused-ring (bicyclic) bond motifs is 3. The molecule has 9 heteroatoms. The summed E-state index contributed by atoms with van der Waals surface area (Å²) in [5.41, 5.74) is 2.28. The molecule has 0 saturated carbocycles. The number of benzene rings is 3. The lowest BCUT2D eigenvalue weighted by atomic mass is 10.0. The molecule has 3 aromatic rings. The van der Waals surface area contributed by atoms with E-state index < -0.39 is 22.4 Å². The van der Waals surface area contributed by atoms with Crippen molar-refractivity contribution in [1.29, 1.82) is 0 Å². The molecule has 0 radical (unpaired) electrons. The van der Waals surface area contributed by atoms with Gasteiger partial charge < -0.3 is 19.3 Å². The average molecular weight is 495 g/mol. The quantitative estimate of drug-likeness (QED) is 0.533. The van der Waals surface area contributed by atoms with Crippen molar-refractivity contribution in [3.8, 4) is 11.5 Å². The second kappa shape index (κ2) is 7.98. The van der Waals surface area contributed by atoms with E-state index in [4.69, 9.17) is 9.47 Å². The van der Waals surface area contributed by atoms with Crippen molar-refractivity contribution in [1.82, 2.24) is 4.90 Å². The Balaban J connectivity index is 1.44. The molecule has 3 heterocycles. The molecular weight excluding hydrogens is 474 g/mol. The number of amides is 2. The number of carbonyl (C=O) groups excluding carboxylic acids is 2. The number of hydrogen-bond acceptors (Lipinski definition) is 5. The summed E-state index contributed by atoms with van der Waals surface area (Å²) in [7, 11) is 0. The summed E-state index contributed by atoms with van der Waals surface area (Å²) >= 11 is 1.36. The van der Waals surface area contributed by atoms with E-state index in [1.54, 1.807) is 29.2 Å². The topological polar surface area (TPSA) is 59.1 Å². The highest BCUT2D eigenvalue weighted by Gasteiger charge is 2.59. The fraction of sp³-hybridized carbons (Fsp3) is 0.231. The smallest absolute Gasteiger partial charge is 0.268 e. The van der Waals surface area contributed by atoms with Crippen LogP contribution in [0.25, 0.3) is 0 Å². The average Bonchev–Trinajstić information content (AvgIpc) is 3.55. The minimum atomic E-state index is -1.32. The normalized spacial score (nSPS) is 20.1. The molecule has 3 aliphatic heterocycles. The standard InChI is InChI=1S/C26H20F2N2O4S/c1-15-5-7-21-18(11-15)26(25(32)29(21)13-17-19(27)3-2-4-20(17)28)30(9-10-35-26)24(31)16-6-8-22-23(12-16)34-14-33-22/h2-8,11-12H,9-10,13-14H2,1H3. The molecule has 0 aromatic heterocycles. The fourth-order valence-corrected chi connectivity index (χ4v) is 6.36.